The fourth-order valence-corrected chi connectivity index (χ4v) is 6.25. The lowest BCUT2D eigenvalue weighted by Crippen LogP contribution is -2.38. The number of aromatic nitrogens is 1. The van der Waals surface area contributed by atoms with Crippen molar-refractivity contribution in [2.24, 2.45) is 28.8 Å². The lowest BCUT2D eigenvalue weighted by atomic mass is 9.63. The molecule has 2 amide bonds. The molecular weight excluding hydrogens is 469 g/mol. The van der Waals surface area contributed by atoms with Crippen LogP contribution in [0.4, 0.5) is 0 Å². The summed E-state index contributed by atoms with van der Waals surface area (Å²) in [5.74, 6) is -0.538. The maximum atomic E-state index is 13.1. The minimum absolute atomic E-state index is 0.154. The number of hydrogen-bond acceptors (Lipinski definition) is 3. The molecule has 1 aromatic heterocycles. The molecule has 2 aromatic carbocycles. The average Bonchev–Trinajstić information content (AvgIpc) is 3.27. The van der Waals surface area contributed by atoms with Gasteiger partial charge in [0.15, 0.2) is 0 Å². The summed E-state index contributed by atoms with van der Waals surface area (Å²) in [6, 6.07) is 13.7. The molecule has 2 bridgehead atoms. The molecule has 3 aromatic rings. The van der Waals surface area contributed by atoms with Gasteiger partial charge in [-0.2, -0.15) is 10.1 Å². The number of benzene rings is 2. The van der Waals surface area contributed by atoms with E-state index in [1.54, 1.807) is 12.3 Å². The third-order valence-electron chi connectivity index (χ3n) is 7.64. The van der Waals surface area contributed by atoms with Gasteiger partial charge in [0, 0.05) is 28.7 Å². The Morgan fingerprint density at radius 3 is 2.29 bits per heavy atom. The van der Waals surface area contributed by atoms with Gasteiger partial charge in [-0.15, -0.1) is 0 Å². The second-order valence-electron chi connectivity index (χ2n) is 9.43. The van der Waals surface area contributed by atoms with Gasteiger partial charge in [-0.05, 0) is 55.4 Å². The molecule has 1 saturated heterocycles. The highest BCUT2D eigenvalue weighted by Gasteiger charge is 2.56. The van der Waals surface area contributed by atoms with Crippen molar-refractivity contribution in [3.63, 3.8) is 0 Å². The number of nitrogens with zero attached hydrogens (tertiary/aromatic N) is 3. The zero-order chi connectivity index (χ0) is 23.6. The lowest BCUT2D eigenvalue weighted by molar-refractivity contribution is -0.140. The first-order valence-electron chi connectivity index (χ1n) is 11.6. The van der Waals surface area contributed by atoms with E-state index < -0.39 is 0 Å². The van der Waals surface area contributed by atoms with Crippen LogP contribution in [0.3, 0.4) is 0 Å². The van der Waals surface area contributed by atoms with Crippen LogP contribution in [-0.4, -0.2) is 27.6 Å². The molecule has 34 heavy (non-hydrogen) atoms. The summed E-state index contributed by atoms with van der Waals surface area (Å²) >= 11 is 12.3. The van der Waals surface area contributed by atoms with E-state index in [1.807, 2.05) is 37.3 Å². The summed E-state index contributed by atoms with van der Waals surface area (Å²) in [6.45, 7) is 2.63. The predicted molar refractivity (Wildman–Crippen MR) is 134 cm³/mol. The number of para-hydroxylation sites is 1. The molecule has 4 aliphatic rings. The van der Waals surface area contributed by atoms with Gasteiger partial charge in [0.1, 0.15) is 0 Å². The molecule has 7 heteroatoms. The summed E-state index contributed by atoms with van der Waals surface area (Å²) in [6.07, 6.45) is 7.86. The summed E-state index contributed by atoms with van der Waals surface area (Å²) in [5, 5.41) is 7.65. The van der Waals surface area contributed by atoms with Crippen molar-refractivity contribution < 1.29 is 9.59 Å². The maximum Gasteiger partial charge on any atom is 0.254 e. The molecule has 3 aliphatic carbocycles. The van der Waals surface area contributed by atoms with Crippen molar-refractivity contribution in [3.8, 4) is 0 Å². The van der Waals surface area contributed by atoms with Gasteiger partial charge >= 0.3 is 0 Å². The normalized spacial score (nSPS) is 25.8. The van der Waals surface area contributed by atoms with E-state index in [-0.39, 0.29) is 35.5 Å². The Morgan fingerprint density at radius 1 is 0.971 bits per heavy atom. The Balaban J connectivity index is 1.36. The van der Waals surface area contributed by atoms with E-state index in [2.05, 4.69) is 27.9 Å². The SMILES string of the molecule is Cc1c(/C=N\N2C(=O)[C@H]3[C@H](C2=O)[C@H]2C=C[C@H]3CC2)c2ccccc2n1Cc1ccc(Cl)c(Cl)c1. The van der Waals surface area contributed by atoms with Crippen LogP contribution in [0, 0.1) is 30.6 Å². The van der Waals surface area contributed by atoms with Crippen molar-refractivity contribution in [3.05, 3.63) is 81.5 Å². The highest BCUT2D eigenvalue weighted by Crippen LogP contribution is 2.49. The summed E-state index contributed by atoms with van der Waals surface area (Å²) in [5.41, 5.74) is 3.96. The van der Waals surface area contributed by atoms with E-state index in [9.17, 15) is 9.59 Å². The molecule has 0 spiro atoms. The molecule has 2 heterocycles. The smallest absolute Gasteiger partial charge is 0.254 e. The van der Waals surface area contributed by atoms with Crippen LogP contribution in [0.1, 0.15) is 29.7 Å². The standard InChI is InChI=1S/C27H23Cl2N3O2/c1-15-20(13-30-32-26(33)24-17-7-8-18(10-9-17)25(24)27(32)34)19-4-2-3-5-23(19)31(15)14-16-6-11-21(28)22(29)12-16/h2-8,11-13,17-18,24-25H,9-10,14H2,1H3/b30-13-/t17-,18-,24+,25+/m0/s1. The maximum absolute atomic E-state index is 13.1. The fraction of sp³-hybridized carbons (Fsp3) is 0.296. The molecule has 1 saturated carbocycles. The molecule has 0 N–H and O–H groups in total. The van der Waals surface area contributed by atoms with Crippen LogP contribution in [0.2, 0.25) is 10.0 Å². The van der Waals surface area contributed by atoms with E-state index in [4.69, 9.17) is 23.2 Å². The van der Waals surface area contributed by atoms with Gasteiger partial charge in [-0.3, -0.25) is 9.59 Å². The van der Waals surface area contributed by atoms with Gasteiger partial charge in [0.2, 0.25) is 0 Å². The van der Waals surface area contributed by atoms with Crippen LogP contribution in [0.5, 0.6) is 0 Å². The molecular formula is C27H23Cl2N3O2. The van der Waals surface area contributed by atoms with Crippen LogP contribution in [0.25, 0.3) is 10.9 Å². The van der Waals surface area contributed by atoms with Gasteiger partial charge in [0.05, 0.1) is 28.1 Å². The Kier molecular flexibility index (Phi) is 5.16. The number of halogens is 2. The van der Waals surface area contributed by atoms with Gasteiger partial charge in [-0.1, -0.05) is 59.6 Å². The van der Waals surface area contributed by atoms with Gasteiger partial charge in [0.25, 0.3) is 11.8 Å². The van der Waals surface area contributed by atoms with Crippen LogP contribution in [0.15, 0.2) is 59.7 Å². The number of allylic oxidation sites excluding steroid dienone is 2. The number of hydrazone groups is 1. The monoisotopic (exact) mass is 491 g/mol. The number of imide groups is 1. The van der Waals surface area contributed by atoms with Crippen molar-refractivity contribution in [1.29, 1.82) is 0 Å². The van der Waals surface area contributed by atoms with Crippen molar-refractivity contribution in [2.45, 2.75) is 26.3 Å². The summed E-state index contributed by atoms with van der Waals surface area (Å²) in [7, 11) is 0. The first kappa shape index (κ1) is 21.6. The van der Waals surface area contributed by atoms with Gasteiger partial charge in [-0.25, -0.2) is 0 Å². The molecule has 0 unspecified atom stereocenters. The lowest BCUT2D eigenvalue weighted by Gasteiger charge is -2.37. The minimum Gasteiger partial charge on any atom is -0.340 e. The van der Waals surface area contributed by atoms with Crippen LogP contribution in [-0.2, 0) is 16.1 Å². The van der Waals surface area contributed by atoms with Crippen molar-refractivity contribution >= 4 is 52.1 Å². The average molecular weight is 492 g/mol. The fourth-order valence-electron chi connectivity index (χ4n) is 5.93. The largest absolute Gasteiger partial charge is 0.340 e. The number of amides is 2. The van der Waals surface area contributed by atoms with Crippen LogP contribution >= 0.6 is 23.2 Å². The zero-order valence-corrected chi connectivity index (χ0v) is 20.1. The highest BCUT2D eigenvalue weighted by atomic mass is 35.5. The van der Waals surface area contributed by atoms with Crippen molar-refractivity contribution in [2.75, 3.05) is 0 Å². The number of carbonyl (C=O) groups excluding carboxylic acids is 2. The van der Waals surface area contributed by atoms with E-state index >= 15 is 0 Å². The zero-order valence-electron chi connectivity index (χ0n) is 18.6. The minimum atomic E-state index is -0.259. The van der Waals surface area contributed by atoms with Crippen molar-refractivity contribution in [1.82, 2.24) is 9.58 Å². The Bertz CT molecular complexity index is 1370. The Labute approximate surface area is 207 Å². The molecule has 2 fully saturated rings. The Morgan fingerprint density at radius 2 is 1.65 bits per heavy atom. The van der Waals surface area contributed by atoms with Crippen LogP contribution < -0.4 is 0 Å². The topological polar surface area (TPSA) is 54.7 Å². The van der Waals surface area contributed by atoms with E-state index in [0.717, 1.165) is 45.6 Å². The first-order chi connectivity index (χ1) is 16.4. The number of rotatable bonds is 4. The molecule has 172 valence electrons. The molecule has 7 rings (SSSR count). The second kappa shape index (κ2) is 8.10. The second-order valence-corrected chi connectivity index (χ2v) is 10.2. The van der Waals surface area contributed by atoms with Gasteiger partial charge < -0.3 is 4.57 Å². The molecule has 5 nitrogen and oxygen atoms in total. The number of carbonyl (C=O) groups is 2. The Hall–Kier alpha value is -2.89. The molecule has 0 radical (unpaired) electrons. The quantitative estimate of drug-likeness (QED) is 0.261. The van der Waals surface area contributed by atoms with E-state index in [1.165, 1.54) is 0 Å². The highest BCUT2D eigenvalue weighted by molar-refractivity contribution is 6.42. The van der Waals surface area contributed by atoms with E-state index in [0.29, 0.717) is 16.6 Å². The number of fused-ring (bicyclic) bond motifs is 2. The predicted octanol–water partition coefficient (Wildman–Crippen LogP) is 5.84. The first-order valence-corrected chi connectivity index (χ1v) is 12.3. The number of hydrogen-bond donors (Lipinski definition) is 0. The molecule has 4 atom stereocenters. The third kappa shape index (κ3) is 3.25. The third-order valence-corrected chi connectivity index (χ3v) is 8.38. The molecule has 1 aliphatic heterocycles. The summed E-state index contributed by atoms with van der Waals surface area (Å²) in [4.78, 5) is 26.3. The summed E-state index contributed by atoms with van der Waals surface area (Å²) < 4.78 is 2.19.